The van der Waals surface area contributed by atoms with Gasteiger partial charge in [0.15, 0.2) is 5.75 Å². The Hall–Kier alpha value is -2.06. The molecule has 5 heteroatoms. The molecule has 0 bridgehead atoms. The highest BCUT2D eigenvalue weighted by Gasteiger charge is 2.16. The quantitative estimate of drug-likeness (QED) is 0.759. The molecule has 0 spiro atoms. The molecule has 0 fully saturated rings. The van der Waals surface area contributed by atoms with Crippen molar-refractivity contribution < 1.29 is 14.6 Å². The lowest BCUT2D eigenvalue weighted by Crippen LogP contribution is -2.06. The number of carboxylic acids is 1. The fraction of sp³-hybridized carbons (Fsp3) is 0.200. The van der Waals surface area contributed by atoms with Crippen LogP contribution in [0, 0.1) is 11.3 Å². The van der Waals surface area contributed by atoms with Gasteiger partial charge in [0.1, 0.15) is 11.6 Å². The van der Waals surface area contributed by atoms with Gasteiger partial charge >= 0.3 is 5.97 Å². The molecule has 0 heterocycles. The smallest absolute Gasteiger partial charge is 0.339 e. The number of hydrogen-bond donors (Lipinski definition) is 2. The summed E-state index contributed by atoms with van der Waals surface area (Å²) in [5, 5.41) is 17.7. The number of methoxy groups -OCH3 is 1. The Morgan fingerprint density at radius 3 is 2.73 bits per heavy atom. The van der Waals surface area contributed by atoms with E-state index in [1.165, 1.54) is 19.2 Å². The summed E-state index contributed by atoms with van der Waals surface area (Å²) in [6.07, 6.45) is 0. The van der Waals surface area contributed by atoms with Crippen LogP contribution in [0.4, 0.5) is 0 Å². The summed E-state index contributed by atoms with van der Waals surface area (Å²) in [4.78, 5) is 10.9. The maximum atomic E-state index is 10.9. The molecule has 5 nitrogen and oxygen atoms in total. The molecule has 0 radical (unpaired) electrons. The number of ether oxygens (including phenoxy) is 1. The zero-order chi connectivity index (χ0) is 11.4. The molecule has 0 aliphatic carbocycles. The number of nitrogens with zero attached hydrogens (tertiary/aromatic N) is 1. The second-order valence-electron chi connectivity index (χ2n) is 2.85. The van der Waals surface area contributed by atoms with E-state index in [0.717, 1.165) is 0 Å². The Morgan fingerprint density at radius 1 is 1.67 bits per heavy atom. The van der Waals surface area contributed by atoms with Crippen molar-refractivity contribution in [2.45, 2.75) is 6.54 Å². The lowest BCUT2D eigenvalue weighted by molar-refractivity contribution is 0.0693. The van der Waals surface area contributed by atoms with Crippen LogP contribution < -0.4 is 10.5 Å². The van der Waals surface area contributed by atoms with E-state index in [9.17, 15) is 4.79 Å². The molecule has 15 heavy (non-hydrogen) atoms. The number of carboxylic acid groups (broad SMARTS) is 1. The first-order valence-corrected chi connectivity index (χ1v) is 4.18. The van der Waals surface area contributed by atoms with E-state index in [0.29, 0.717) is 5.56 Å². The van der Waals surface area contributed by atoms with Gasteiger partial charge in [0.05, 0.1) is 12.7 Å². The van der Waals surface area contributed by atoms with Crippen LogP contribution in [0.15, 0.2) is 12.1 Å². The summed E-state index contributed by atoms with van der Waals surface area (Å²) in [5.41, 5.74) is 6.11. The highest BCUT2D eigenvalue weighted by molar-refractivity contribution is 5.92. The van der Waals surface area contributed by atoms with Gasteiger partial charge in [0.2, 0.25) is 0 Å². The van der Waals surface area contributed by atoms with Gasteiger partial charge in [-0.1, -0.05) is 0 Å². The van der Waals surface area contributed by atoms with Crippen molar-refractivity contribution in [2.75, 3.05) is 7.11 Å². The average molecular weight is 206 g/mol. The third kappa shape index (κ3) is 2.06. The lowest BCUT2D eigenvalue weighted by Gasteiger charge is -2.08. The van der Waals surface area contributed by atoms with Gasteiger partial charge < -0.3 is 15.6 Å². The number of carbonyl (C=O) groups is 1. The molecule has 78 valence electrons. The predicted octanol–water partition coefficient (Wildman–Crippen LogP) is 0.724. The molecular formula is C10H10N2O3. The van der Waals surface area contributed by atoms with Gasteiger partial charge in [0, 0.05) is 6.54 Å². The van der Waals surface area contributed by atoms with Crippen molar-refractivity contribution in [3.8, 4) is 11.8 Å². The zero-order valence-electron chi connectivity index (χ0n) is 8.15. The van der Waals surface area contributed by atoms with Crippen molar-refractivity contribution in [2.24, 2.45) is 5.73 Å². The number of benzene rings is 1. The lowest BCUT2D eigenvalue weighted by atomic mass is 10.0. The van der Waals surface area contributed by atoms with Crippen molar-refractivity contribution in [1.29, 1.82) is 5.26 Å². The summed E-state index contributed by atoms with van der Waals surface area (Å²) in [6, 6.07) is 4.80. The Balaban J connectivity index is 3.48. The summed E-state index contributed by atoms with van der Waals surface area (Å²) >= 11 is 0. The van der Waals surface area contributed by atoms with Gasteiger partial charge in [-0.15, -0.1) is 0 Å². The van der Waals surface area contributed by atoms with E-state index in [1.54, 1.807) is 0 Å². The van der Waals surface area contributed by atoms with Crippen LogP contribution in [0.5, 0.6) is 5.75 Å². The first-order valence-electron chi connectivity index (χ1n) is 4.18. The van der Waals surface area contributed by atoms with Crippen LogP contribution in [0.2, 0.25) is 0 Å². The third-order valence-electron chi connectivity index (χ3n) is 1.94. The molecule has 0 amide bonds. The van der Waals surface area contributed by atoms with Gasteiger partial charge in [-0.3, -0.25) is 0 Å². The molecular weight excluding hydrogens is 196 g/mol. The van der Waals surface area contributed by atoms with Crippen molar-refractivity contribution >= 4 is 5.97 Å². The summed E-state index contributed by atoms with van der Waals surface area (Å²) in [6.45, 7) is 0.180. The molecule has 0 saturated carbocycles. The van der Waals surface area contributed by atoms with Crippen LogP contribution in [-0.2, 0) is 6.54 Å². The van der Waals surface area contributed by atoms with Gasteiger partial charge in [-0.05, 0) is 17.7 Å². The average Bonchev–Trinajstić information content (AvgIpc) is 2.26. The number of nitriles is 1. The van der Waals surface area contributed by atoms with Crippen molar-refractivity contribution in [3.63, 3.8) is 0 Å². The number of hydrogen-bond acceptors (Lipinski definition) is 4. The van der Waals surface area contributed by atoms with E-state index in [2.05, 4.69) is 0 Å². The van der Waals surface area contributed by atoms with Crippen LogP contribution >= 0.6 is 0 Å². The SMILES string of the molecule is COc1c(C#N)cc(CN)cc1C(=O)O. The fourth-order valence-corrected chi connectivity index (χ4v) is 1.27. The predicted molar refractivity (Wildman–Crippen MR) is 52.6 cm³/mol. The van der Waals surface area contributed by atoms with E-state index in [4.69, 9.17) is 20.8 Å². The van der Waals surface area contributed by atoms with Crippen molar-refractivity contribution in [3.05, 3.63) is 28.8 Å². The molecule has 1 rings (SSSR count). The van der Waals surface area contributed by atoms with Crippen molar-refractivity contribution in [1.82, 2.24) is 0 Å². The molecule has 0 saturated heterocycles. The molecule has 0 aromatic heterocycles. The Bertz CT molecular complexity index is 435. The first-order chi connectivity index (χ1) is 7.13. The Labute approximate surface area is 86.7 Å². The maximum Gasteiger partial charge on any atom is 0.339 e. The third-order valence-corrected chi connectivity index (χ3v) is 1.94. The van der Waals surface area contributed by atoms with E-state index in [1.807, 2.05) is 6.07 Å². The minimum Gasteiger partial charge on any atom is -0.494 e. The minimum atomic E-state index is -1.14. The normalized spacial score (nSPS) is 9.40. The van der Waals surface area contributed by atoms with Gasteiger partial charge in [-0.2, -0.15) is 5.26 Å². The largest absolute Gasteiger partial charge is 0.494 e. The second-order valence-corrected chi connectivity index (χ2v) is 2.85. The molecule has 1 aromatic rings. The molecule has 1 aromatic carbocycles. The number of nitrogens with two attached hydrogens (primary N) is 1. The maximum absolute atomic E-state index is 10.9. The van der Waals surface area contributed by atoms with Gasteiger partial charge in [0.25, 0.3) is 0 Å². The van der Waals surface area contributed by atoms with Gasteiger partial charge in [-0.25, -0.2) is 4.79 Å². The van der Waals surface area contributed by atoms with Crippen LogP contribution in [0.1, 0.15) is 21.5 Å². The molecule has 0 atom stereocenters. The zero-order valence-corrected chi connectivity index (χ0v) is 8.15. The summed E-state index contributed by atoms with van der Waals surface area (Å²) in [5.74, 6) is -1.07. The Kier molecular flexibility index (Phi) is 3.26. The standard InChI is InChI=1S/C10H10N2O3/c1-15-9-7(5-12)2-6(4-11)3-8(9)10(13)14/h2-3H,4,11H2,1H3,(H,13,14). The summed E-state index contributed by atoms with van der Waals surface area (Å²) < 4.78 is 4.88. The van der Waals surface area contributed by atoms with E-state index >= 15 is 0 Å². The second kappa shape index (κ2) is 4.44. The van der Waals surface area contributed by atoms with Crippen LogP contribution in [-0.4, -0.2) is 18.2 Å². The fourth-order valence-electron chi connectivity index (χ4n) is 1.27. The molecule has 0 unspecified atom stereocenters. The van der Waals surface area contributed by atoms with E-state index in [-0.39, 0.29) is 23.4 Å². The van der Waals surface area contributed by atoms with Crippen LogP contribution in [0.25, 0.3) is 0 Å². The molecule has 3 N–H and O–H groups in total. The number of aromatic carboxylic acids is 1. The summed E-state index contributed by atoms with van der Waals surface area (Å²) in [7, 11) is 1.32. The first kappa shape index (κ1) is 11.0. The molecule has 0 aliphatic rings. The van der Waals surface area contributed by atoms with E-state index < -0.39 is 5.97 Å². The minimum absolute atomic E-state index is 0.0444. The number of rotatable bonds is 3. The monoisotopic (exact) mass is 206 g/mol. The molecule has 0 aliphatic heterocycles. The highest BCUT2D eigenvalue weighted by atomic mass is 16.5. The highest BCUT2D eigenvalue weighted by Crippen LogP contribution is 2.25. The van der Waals surface area contributed by atoms with Crippen LogP contribution in [0.3, 0.4) is 0 Å². The Morgan fingerprint density at radius 2 is 2.33 bits per heavy atom. The topological polar surface area (TPSA) is 96.3 Å².